The number of hydrogen-bond donors (Lipinski definition) is 1. The molecule has 1 N–H and O–H groups in total. The van der Waals surface area contributed by atoms with E-state index in [0.717, 1.165) is 24.5 Å². The molecule has 0 aromatic carbocycles. The molecule has 3 aromatic heterocycles. The second-order valence-corrected chi connectivity index (χ2v) is 8.97. The summed E-state index contributed by atoms with van der Waals surface area (Å²) in [5.41, 5.74) is 0.821. The number of nitrogens with zero attached hydrogens (tertiary/aromatic N) is 7. The second kappa shape index (κ2) is 8.46. The van der Waals surface area contributed by atoms with E-state index in [1.807, 2.05) is 12.3 Å². The number of aromatic nitrogens is 5. The largest absolute Gasteiger partial charge is 0.434 e. The molecule has 3 unspecified atom stereocenters. The van der Waals surface area contributed by atoms with E-state index < -0.39 is 11.9 Å². The standard InChI is InChI=1S/C23H25F3N8/c1-13(2)16-11-33(14(3)21(31-16)15-4-6-27-8-15)19-5-7-28-22(32-19)17-9-30-20-10-29-18(12-34(17)20)23(24,25)26/h4-5,7-10,12-14,16,21,31H,6,11H2,1-3H3. The number of nitrogens with one attached hydrogen (secondary N) is 1. The third kappa shape index (κ3) is 4.04. The molecule has 0 spiro atoms. The van der Waals surface area contributed by atoms with Crippen LogP contribution >= 0.6 is 0 Å². The summed E-state index contributed by atoms with van der Waals surface area (Å²) in [7, 11) is 0. The number of halogens is 3. The Morgan fingerprint density at radius 3 is 2.68 bits per heavy atom. The molecule has 3 aromatic rings. The highest BCUT2D eigenvalue weighted by molar-refractivity contribution is 5.83. The van der Waals surface area contributed by atoms with Gasteiger partial charge in [-0.25, -0.2) is 19.9 Å². The van der Waals surface area contributed by atoms with Crippen molar-refractivity contribution in [2.75, 3.05) is 18.0 Å². The summed E-state index contributed by atoms with van der Waals surface area (Å²) in [5, 5.41) is 3.76. The van der Waals surface area contributed by atoms with Gasteiger partial charge in [-0.3, -0.25) is 9.39 Å². The van der Waals surface area contributed by atoms with Crippen molar-refractivity contribution in [1.82, 2.24) is 29.7 Å². The monoisotopic (exact) mass is 470 g/mol. The molecule has 0 radical (unpaired) electrons. The molecule has 2 aliphatic heterocycles. The Kier molecular flexibility index (Phi) is 5.59. The number of fused-ring (bicyclic) bond motifs is 1. The maximum absolute atomic E-state index is 13.2. The summed E-state index contributed by atoms with van der Waals surface area (Å²) in [5.74, 6) is 1.41. The van der Waals surface area contributed by atoms with Gasteiger partial charge in [-0.1, -0.05) is 19.9 Å². The Balaban J connectivity index is 1.53. The zero-order chi connectivity index (χ0) is 24.0. The van der Waals surface area contributed by atoms with E-state index in [-0.39, 0.29) is 18.1 Å². The van der Waals surface area contributed by atoms with Crippen molar-refractivity contribution in [3.8, 4) is 11.5 Å². The molecule has 11 heteroatoms. The highest BCUT2D eigenvalue weighted by atomic mass is 19.4. The van der Waals surface area contributed by atoms with Crippen molar-refractivity contribution < 1.29 is 13.2 Å². The molecule has 0 bridgehead atoms. The summed E-state index contributed by atoms with van der Waals surface area (Å²) < 4.78 is 41.0. The van der Waals surface area contributed by atoms with Crippen LogP contribution in [0.25, 0.3) is 17.2 Å². The van der Waals surface area contributed by atoms with Crippen LogP contribution in [0.5, 0.6) is 0 Å². The zero-order valence-electron chi connectivity index (χ0n) is 19.0. The summed E-state index contributed by atoms with van der Waals surface area (Å²) in [6, 6.07) is 2.23. The third-order valence-electron chi connectivity index (χ3n) is 6.45. The van der Waals surface area contributed by atoms with Gasteiger partial charge in [-0.05, 0) is 24.5 Å². The van der Waals surface area contributed by atoms with Crippen molar-refractivity contribution in [2.45, 2.75) is 45.1 Å². The van der Waals surface area contributed by atoms with Gasteiger partial charge in [0.2, 0.25) is 0 Å². The average molecular weight is 471 g/mol. The van der Waals surface area contributed by atoms with Crippen LogP contribution < -0.4 is 10.2 Å². The van der Waals surface area contributed by atoms with Crippen molar-refractivity contribution in [2.24, 2.45) is 10.9 Å². The van der Waals surface area contributed by atoms with Crippen molar-refractivity contribution >= 4 is 17.7 Å². The summed E-state index contributed by atoms with van der Waals surface area (Å²) in [6.45, 7) is 7.92. The topological polar surface area (TPSA) is 83.6 Å². The van der Waals surface area contributed by atoms with Crippen LogP contribution in [0.1, 0.15) is 26.5 Å². The van der Waals surface area contributed by atoms with Gasteiger partial charge < -0.3 is 10.2 Å². The predicted molar refractivity (Wildman–Crippen MR) is 123 cm³/mol. The van der Waals surface area contributed by atoms with E-state index in [1.54, 1.807) is 6.20 Å². The minimum absolute atomic E-state index is 0.0803. The molecule has 0 saturated carbocycles. The Labute approximate surface area is 194 Å². The highest BCUT2D eigenvalue weighted by Gasteiger charge is 2.37. The van der Waals surface area contributed by atoms with E-state index in [4.69, 9.17) is 4.98 Å². The molecule has 3 atom stereocenters. The SMILES string of the molecule is CC(C)C1CN(c2ccnc(-c3cnc4cnc(C(F)(F)F)cn34)n2)C(C)C(C2=CCN=C2)N1. The molecule has 178 valence electrons. The fourth-order valence-corrected chi connectivity index (χ4v) is 4.47. The number of rotatable bonds is 4. The number of imidazole rings is 1. The van der Waals surface area contributed by atoms with Gasteiger partial charge in [-0.15, -0.1) is 0 Å². The molecule has 2 aliphatic rings. The average Bonchev–Trinajstić information content (AvgIpc) is 3.48. The zero-order valence-corrected chi connectivity index (χ0v) is 19.0. The third-order valence-corrected chi connectivity index (χ3v) is 6.45. The molecular weight excluding hydrogens is 445 g/mol. The molecule has 8 nitrogen and oxygen atoms in total. The molecule has 1 fully saturated rings. The maximum atomic E-state index is 13.2. The van der Waals surface area contributed by atoms with Crippen LogP contribution in [0, 0.1) is 5.92 Å². The van der Waals surface area contributed by atoms with Gasteiger partial charge >= 0.3 is 6.18 Å². The van der Waals surface area contributed by atoms with Gasteiger partial charge in [0, 0.05) is 37.2 Å². The Morgan fingerprint density at radius 2 is 1.97 bits per heavy atom. The maximum Gasteiger partial charge on any atom is 0.434 e. The lowest BCUT2D eigenvalue weighted by Crippen LogP contribution is -2.63. The minimum atomic E-state index is -4.56. The van der Waals surface area contributed by atoms with Gasteiger partial charge in [0.25, 0.3) is 0 Å². The van der Waals surface area contributed by atoms with E-state index in [1.165, 1.54) is 10.6 Å². The van der Waals surface area contributed by atoms with E-state index in [9.17, 15) is 13.2 Å². The number of aliphatic imine (C=N–C) groups is 1. The van der Waals surface area contributed by atoms with E-state index in [2.05, 4.69) is 57.0 Å². The number of anilines is 1. The molecule has 5 heterocycles. The molecule has 0 amide bonds. The van der Waals surface area contributed by atoms with Crippen LogP contribution in [0.2, 0.25) is 0 Å². The first-order valence-electron chi connectivity index (χ1n) is 11.2. The number of hydrogen-bond acceptors (Lipinski definition) is 7. The van der Waals surface area contributed by atoms with Crippen molar-refractivity contribution in [3.05, 3.63) is 48.2 Å². The Morgan fingerprint density at radius 1 is 1.15 bits per heavy atom. The lowest BCUT2D eigenvalue weighted by Gasteiger charge is -2.46. The predicted octanol–water partition coefficient (Wildman–Crippen LogP) is 3.41. The molecular formula is C23H25F3N8. The summed E-state index contributed by atoms with van der Waals surface area (Å²) >= 11 is 0. The number of alkyl halides is 3. The smallest absolute Gasteiger partial charge is 0.350 e. The van der Waals surface area contributed by atoms with Crippen LogP contribution in [0.3, 0.4) is 0 Å². The highest BCUT2D eigenvalue weighted by Crippen LogP contribution is 2.30. The molecule has 34 heavy (non-hydrogen) atoms. The molecule has 5 rings (SSSR count). The summed E-state index contributed by atoms with van der Waals surface area (Å²) in [4.78, 5) is 23.3. The van der Waals surface area contributed by atoms with Crippen LogP contribution in [-0.4, -0.2) is 61.8 Å². The quantitative estimate of drug-likeness (QED) is 0.629. The fourth-order valence-electron chi connectivity index (χ4n) is 4.47. The van der Waals surface area contributed by atoms with Crippen LogP contribution in [0.15, 0.2) is 47.5 Å². The minimum Gasteiger partial charge on any atom is -0.350 e. The fraction of sp³-hybridized carbons (Fsp3) is 0.435. The lowest BCUT2D eigenvalue weighted by molar-refractivity contribution is -0.141. The van der Waals surface area contributed by atoms with Gasteiger partial charge in [0.05, 0.1) is 25.0 Å². The van der Waals surface area contributed by atoms with E-state index >= 15 is 0 Å². The molecule has 1 saturated heterocycles. The van der Waals surface area contributed by atoms with Crippen molar-refractivity contribution in [3.63, 3.8) is 0 Å². The lowest BCUT2D eigenvalue weighted by atomic mass is 9.91. The first-order chi connectivity index (χ1) is 16.2. The summed E-state index contributed by atoms with van der Waals surface area (Å²) in [6.07, 6.45) is 4.62. The second-order valence-electron chi connectivity index (χ2n) is 8.97. The van der Waals surface area contributed by atoms with Crippen LogP contribution in [0.4, 0.5) is 19.0 Å². The van der Waals surface area contributed by atoms with E-state index in [0.29, 0.717) is 35.4 Å². The number of piperazine rings is 1. The van der Waals surface area contributed by atoms with Gasteiger partial charge in [0.1, 0.15) is 11.5 Å². The Bertz CT molecular complexity index is 1260. The molecule has 0 aliphatic carbocycles. The normalized spacial score (nSPS) is 23.2. The first-order valence-corrected chi connectivity index (χ1v) is 11.2. The van der Waals surface area contributed by atoms with Gasteiger partial charge in [0.15, 0.2) is 17.2 Å². The van der Waals surface area contributed by atoms with Crippen molar-refractivity contribution in [1.29, 1.82) is 0 Å². The first kappa shape index (κ1) is 22.5. The van der Waals surface area contributed by atoms with Crippen LogP contribution in [-0.2, 0) is 6.18 Å². The van der Waals surface area contributed by atoms with Gasteiger partial charge in [-0.2, -0.15) is 13.2 Å². The Hall–Kier alpha value is -3.34.